The molecule has 0 aliphatic carbocycles. The van der Waals surface area contributed by atoms with Crippen molar-refractivity contribution in [2.75, 3.05) is 42.5 Å². The fraction of sp³-hybridized carbons (Fsp3) is 0.316. The summed E-state index contributed by atoms with van der Waals surface area (Å²) in [6.45, 7) is 5.40. The highest BCUT2D eigenvalue weighted by Gasteiger charge is 2.26. The highest BCUT2D eigenvalue weighted by Crippen LogP contribution is 2.31. The number of hydrogen-bond acceptors (Lipinski definition) is 8. The van der Waals surface area contributed by atoms with Gasteiger partial charge in [-0.05, 0) is 24.6 Å². The summed E-state index contributed by atoms with van der Waals surface area (Å²) in [7, 11) is 0.0488. The molecule has 1 aromatic heterocycles. The predicted molar refractivity (Wildman–Crippen MR) is 114 cm³/mol. The summed E-state index contributed by atoms with van der Waals surface area (Å²) < 4.78 is 36.4. The van der Waals surface area contributed by atoms with Crippen LogP contribution < -0.4 is 20.7 Å². The minimum atomic E-state index is -1.54. The number of rotatable bonds is 9. The summed E-state index contributed by atoms with van der Waals surface area (Å²) in [5.41, 5.74) is 6.78. The zero-order valence-corrected chi connectivity index (χ0v) is 17.8. The van der Waals surface area contributed by atoms with E-state index in [2.05, 4.69) is 21.9 Å². The molecule has 0 saturated heterocycles. The topological polar surface area (TPSA) is 120 Å². The lowest BCUT2D eigenvalue weighted by Gasteiger charge is -2.24. The van der Waals surface area contributed by atoms with Crippen molar-refractivity contribution in [3.63, 3.8) is 0 Å². The molecule has 0 saturated carbocycles. The van der Waals surface area contributed by atoms with Gasteiger partial charge in [-0.25, -0.2) is 19.2 Å². The third-order valence-corrected chi connectivity index (χ3v) is 4.54. The number of anilines is 3. The van der Waals surface area contributed by atoms with Crippen molar-refractivity contribution in [1.29, 1.82) is 0 Å². The number of amides is 1. The van der Waals surface area contributed by atoms with Crippen LogP contribution in [0.4, 0.5) is 26.5 Å². The molecule has 1 atom stereocenters. The number of aromatic nitrogens is 2. The maximum Gasteiger partial charge on any atom is 0.415 e. The standard InChI is InChI=1S/C19H24FN5O4S/c1-5-9-29-14-10-12(7-8-13(14)20)11-25(19(26)28-6-2)17-15(22-3)16(21)23-18(24-17)30(4)27/h5,7-8,10,22H,1,6,9,11H2,2-4H3,(H2,21,23,24). The molecule has 0 fully saturated rings. The monoisotopic (exact) mass is 437 g/mol. The highest BCUT2D eigenvalue weighted by molar-refractivity contribution is 7.84. The van der Waals surface area contributed by atoms with E-state index < -0.39 is 22.7 Å². The van der Waals surface area contributed by atoms with Gasteiger partial charge in [-0.15, -0.1) is 0 Å². The van der Waals surface area contributed by atoms with Gasteiger partial charge in [-0.3, -0.25) is 9.11 Å². The molecule has 9 nitrogen and oxygen atoms in total. The third kappa shape index (κ3) is 5.44. The zero-order valence-electron chi connectivity index (χ0n) is 17.0. The Morgan fingerprint density at radius 1 is 1.43 bits per heavy atom. The predicted octanol–water partition coefficient (Wildman–Crippen LogP) is 2.70. The van der Waals surface area contributed by atoms with Gasteiger partial charge in [0.15, 0.2) is 23.2 Å². The average molecular weight is 437 g/mol. The van der Waals surface area contributed by atoms with Gasteiger partial charge in [0, 0.05) is 13.3 Å². The molecule has 0 aliphatic heterocycles. The van der Waals surface area contributed by atoms with Gasteiger partial charge in [-0.2, -0.15) is 0 Å². The molecule has 0 aliphatic rings. The number of nitrogens with zero attached hydrogens (tertiary/aromatic N) is 3. The van der Waals surface area contributed by atoms with Gasteiger partial charge in [0.25, 0.3) is 0 Å². The lowest BCUT2D eigenvalue weighted by atomic mass is 10.2. The van der Waals surface area contributed by atoms with E-state index in [4.69, 9.17) is 15.2 Å². The first-order valence-corrected chi connectivity index (χ1v) is 10.5. The van der Waals surface area contributed by atoms with E-state index >= 15 is 0 Å². The second kappa shape index (κ2) is 10.5. The van der Waals surface area contributed by atoms with Crippen molar-refractivity contribution >= 4 is 34.2 Å². The molecule has 1 aromatic carbocycles. The number of carbonyl (C=O) groups is 1. The van der Waals surface area contributed by atoms with Crippen LogP contribution in [0.25, 0.3) is 0 Å². The van der Waals surface area contributed by atoms with Gasteiger partial charge in [0.2, 0.25) is 5.16 Å². The van der Waals surface area contributed by atoms with Crippen molar-refractivity contribution in [2.24, 2.45) is 0 Å². The van der Waals surface area contributed by atoms with Crippen molar-refractivity contribution in [1.82, 2.24) is 9.97 Å². The number of ether oxygens (including phenoxy) is 2. The summed E-state index contributed by atoms with van der Waals surface area (Å²) in [4.78, 5) is 22.2. The van der Waals surface area contributed by atoms with Crippen LogP contribution in [0.15, 0.2) is 36.0 Å². The molecule has 30 heavy (non-hydrogen) atoms. The number of halogens is 1. The van der Waals surface area contributed by atoms with Crippen LogP contribution in [0.1, 0.15) is 12.5 Å². The van der Waals surface area contributed by atoms with Crippen LogP contribution >= 0.6 is 0 Å². The SMILES string of the molecule is C=CCOc1cc(CN(C(=O)OCC)c2nc(S(C)=O)nc(N)c2NC)ccc1F. The van der Waals surface area contributed by atoms with E-state index in [1.807, 2.05) is 0 Å². The van der Waals surface area contributed by atoms with Crippen LogP contribution in [0.5, 0.6) is 5.75 Å². The number of hydrogen-bond donors (Lipinski definition) is 2. The average Bonchev–Trinajstić information content (AvgIpc) is 2.71. The molecule has 2 aromatic rings. The minimum Gasteiger partial charge on any atom is -0.486 e. The molecule has 0 spiro atoms. The van der Waals surface area contributed by atoms with Gasteiger partial charge < -0.3 is 20.5 Å². The number of nitrogens with one attached hydrogen (secondary N) is 1. The summed E-state index contributed by atoms with van der Waals surface area (Å²) in [6, 6.07) is 4.20. The maximum absolute atomic E-state index is 14.0. The summed E-state index contributed by atoms with van der Waals surface area (Å²) in [6.07, 6.45) is 2.18. The smallest absolute Gasteiger partial charge is 0.415 e. The number of benzene rings is 1. The van der Waals surface area contributed by atoms with E-state index in [0.29, 0.717) is 5.56 Å². The summed E-state index contributed by atoms with van der Waals surface area (Å²) in [5, 5.41) is 2.81. The van der Waals surface area contributed by atoms with E-state index in [0.717, 1.165) is 0 Å². The van der Waals surface area contributed by atoms with Crippen LogP contribution in [0.2, 0.25) is 0 Å². The Bertz CT molecular complexity index is 957. The van der Waals surface area contributed by atoms with Crippen LogP contribution in [0.3, 0.4) is 0 Å². The first-order valence-electron chi connectivity index (χ1n) is 8.97. The van der Waals surface area contributed by atoms with Gasteiger partial charge in [-0.1, -0.05) is 18.7 Å². The van der Waals surface area contributed by atoms with Crippen LogP contribution in [-0.2, 0) is 22.1 Å². The molecule has 0 radical (unpaired) electrons. The quantitative estimate of drug-likeness (QED) is 0.454. The lowest BCUT2D eigenvalue weighted by Crippen LogP contribution is -2.33. The van der Waals surface area contributed by atoms with Crippen LogP contribution in [0, 0.1) is 5.82 Å². The molecule has 1 heterocycles. The Morgan fingerprint density at radius 2 is 2.17 bits per heavy atom. The van der Waals surface area contributed by atoms with E-state index in [9.17, 15) is 13.4 Å². The first kappa shape index (κ1) is 23.1. The van der Waals surface area contributed by atoms with E-state index in [1.54, 1.807) is 14.0 Å². The number of carbonyl (C=O) groups excluding carboxylic acids is 1. The Labute approximate surface area is 176 Å². The maximum atomic E-state index is 14.0. The molecular formula is C19H24FN5O4S. The molecule has 0 bridgehead atoms. The molecule has 162 valence electrons. The molecule has 2 rings (SSSR count). The van der Waals surface area contributed by atoms with Gasteiger partial charge in [0.05, 0.1) is 24.0 Å². The van der Waals surface area contributed by atoms with Gasteiger partial charge in [0.1, 0.15) is 12.3 Å². The zero-order chi connectivity index (χ0) is 22.3. The van der Waals surface area contributed by atoms with Crippen molar-refractivity contribution < 1.29 is 22.9 Å². The number of nitrogens with two attached hydrogens (primary N) is 1. The number of nitrogen functional groups attached to an aromatic ring is 1. The second-order valence-corrected chi connectivity index (χ2v) is 7.22. The third-order valence-electron chi connectivity index (χ3n) is 3.84. The molecule has 3 N–H and O–H groups in total. The first-order chi connectivity index (χ1) is 14.3. The molecule has 1 amide bonds. The van der Waals surface area contributed by atoms with Crippen molar-refractivity contribution in [3.8, 4) is 5.75 Å². The molecular weight excluding hydrogens is 413 g/mol. The molecule has 11 heteroatoms. The van der Waals surface area contributed by atoms with E-state index in [1.165, 1.54) is 35.4 Å². The fourth-order valence-corrected chi connectivity index (χ4v) is 2.97. The Balaban J connectivity index is 2.54. The van der Waals surface area contributed by atoms with Crippen LogP contribution in [-0.4, -0.2) is 46.8 Å². The second-order valence-electron chi connectivity index (χ2n) is 5.94. The Morgan fingerprint density at radius 3 is 2.77 bits per heavy atom. The molecule has 1 unspecified atom stereocenters. The fourth-order valence-electron chi connectivity index (χ4n) is 2.52. The van der Waals surface area contributed by atoms with E-state index in [-0.39, 0.29) is 48.0 Å². The Hall–Kier alpha value is -3.21. The van der Waals surface area contributed by atoms with Gasteiger partial charge >= 0.3 is 6.09 Å². The normalized spacial score (nSPS) is 11.5. The lowest BCUT2D eigenvalue weighted by molar-refractivity contribution is 0.159. The van der Waals surface area contributed by atoms with Crippen molar-refractivity contribution in [2.45, 2.75) is 18.6 Å². The largest absolute Gasteiger partial charge is 0.486 e. The Kier molecular flexibility index (Phi) is 8.10. The minimum absolute atomic E-state index is 0.0163. The summed E-state index contributed by atoms with van der Waals surface area (Å²) >= 11 is 0. The van der Waals surface area contributed by atoms with Crippen molar-refractivity contribution in [3.05, 3.63) is 42.2 Å². The summed E-state index contributed by atoms with van der Waals surface area (Å²) in [5.74, 6) is -0.417. The highest BCUT2D eigenvalue weighted by atomic mass is 32.2.